The van der Waals surface area contributed by atoms with Crippen LogP contribution in [-0.2, 0) is 14.6 Å². The quantitative estimate of drug-likeness (QED) is 0.875. The van der Waals surface area contributed by atoms with Crippen LogP contribution in [0.25, 0.3) is 0 Å². The normalized spacial score (nSPS) is 21.9. The summed E-state index contributed by atoms with van der Waals surface area (Å²) in [4.78, 5) is 12.4. The van der Waals surface area contributed by atoms with Gasteiger partial charge in [-0.15, -0.1) is 0 Å². The molecule has 1 fully saturated rings. The summed E-state index contributed by atoms with van der Waals surface area (Å²) in [5, 5.41) is 2.94. The first-order chi connectivity index (χ1) is 10.0. The lowest BCUT2D eigenvalue weighted by molar-refractivity contribution is -0.122. The highest BCUT2D eigenvalue weighted by Gasteiger charge is 2.28. The van der Waals surface area contributed by atoms with Crippen molar-refractivity contribution in [2.24, 2.45) is 5.92 Å². The Hall–Kier alpha value is -1.36. The molecule has 1 aliphatic heterocycles. The summed E-state index contributed by atoms with van der Waals surface area (Å²) in [6.07, 6.45) is 2.40. The molecule has 0 spiro atoms. The van der Waals surface area contributed by atoms with E-state index in [2.05, 4.69) is 12.2 Å². The van der Waals surface area contributed by atoms with Gasteiger partial charge in [-0.1, -0.05) is 43.7 Å². The van der Waals surface area contributed by atoms with Crippen molar-refractivity contribution in [3.8, 4) is 0 Å². The maximum Gasteiger partial charge on any atom is 0.227 e. The standard InChI is InChI=1S/C16H23NO3S/c1-2-6-15(14-7-4-3-5-8-14)16(18)17-11-13-9-10-21(19,20)12-13/h3-5,7-8,13,15H,2,6,9-12H2,1H3,(H,17,18). The lowest BCUT2D eigenvalue weighted by Crippen LogP contribution is -2.33. The number of carbonyl (C=O) groups excluding carboxylic acids is 1. The van der Waals surface area contributed by atoms with E-state index >= 15 is 0 Å². The maximum absolute atomic E-state index is 12.4. The van der Waals surface area contributed by atoms with Crippen molar-refractivity contribution >= 4 is 15.7 Å². The minimum atomic E-state index is -2.88. The second kappa shape index (κ2) is 7.07. The van der Waals surface area contributed by atoms with Crippen LogP contribution in [0.15, 0.2) is 30.3 Å². The van der Waals surface area contributed by atoms with E-state index in [4.69, 9.17) is 0 Å². The molecule has 0 bridgehead atoms. The van der Waals surface area contributed by atoms with Gasteiger partial charge in [0.1, 0.15) is 0 Å². The Kier molecular flexibility index (Phi) is 5.39. The maximum atomic E-state index is 12.4. The molecule has 1 aromatic carbocycles. The molecule has 1 saturated heterocycles. The molecule has 0 saturated carbocycles. The smallest absolute Gasteiger partial charge is 0.227 e. The minimum Gasteiger partial charge on any atom is -0.355 e. The molecule has 1 amide bonds. The Labute approximate surface area is 126 Å². The topological polar surface area (TPSA) is 63.2 Å². The molecule has 4 nitrogen and oxygen atoms in total. The van der Waals surface area contributed by atoms with Crippen LogP contribution >= 0.6 is 0 Å². The van der Waals surface area contributed by atoms with Gasteiger partial charge in [0.25, 0.3) is 0 Å². The van der Waals surface area contributed by atoms with Gasteiger partial charge >= 0.3 is 0 Å². The minimum absolute atomic E-state index is 0.00680. The fourth-order valence-electron chi connectivity index (χ4n) is 2.82. The molecule has 21 heavy (non-hydrogen) atoms. The van der Waals surface area contributed by atoms with Gasteiger partial charge in [0, 0.05) is 6.54 Å². The van der Waals surface area contributed by atoms with Crippen LogP contribution in [0.1, 0.15) is 37.7 Å². The fourth-order valence-corrected chi connectivity index (χ4v) is 4.69. The first-order valence-corrected chi connectivity index (χ1v) is 9.37. The van der Waals surface area contributed by atoms with Crippen LogP contribution in [0, 0.1) is 5.92 Å². The SMILES string of the molecule is CCCC(C(=O)NCC1CCS(=O)(=O)C1)c1ccccc1. The number of sulfone groups is 1. The number of amides is 1. The van der Waals surface area contributed by atoms with Gasteiger partial charge in [-0.25, -0.2) is 8.42 Å². The summed E-state index contributed by atoms with van der Waals surface area (Å²) in [6, 6.07) is 9.76. The predicted molar refractivity (Wildman–Crippen MR) is 83.9 cm³/mol. The van der Waals surface area contributed by atoms with Gasteiger partial charge in [0.15, 0.2) is 9.84 Å². The molecule has 1 N–H and O–H groups in total. The second-order valence-corrected chi connectivity index (χ2v) is 7.99. The van der Waals surface area contributed by atoms with E-state index < -0.39 is 9.84 Å². The zero-order valence-electron chi connectivity index (χ0n) is 12.4. The van der Waals surface area contributed by atoms with Gasteiger partial charge in [-0.3, -0.25) is 4.79 Å². The number of rotatable bonds is 6. The molecular weight excluding hydrogens is 286 g/mol. The summed E-state index contributed by atoms with van der Waals surface area (Å²) in [5.74, 6) is 0.389. The van der Waals surface area contributed by atoms with E-state index in [1.165, 1.54) is 0 Å². The number of hydrogen-bond acceptors (Lipinski definition) is 3. The largest absolute Gasteiger partial charge is 0.355 e. The van der Waals surface area contributed by atoms with E-state index in [1.807, 2.05) is 30.3 Å². The monoisotopic (exact) mass is 309 g/mol. The van der Waals surface area contributed by atoms with Gasteiger partial charge < -0.3 is 5.32 Å². The second-order valence-electron chi connectivity index (χ2n) is 5.77. The molecule has 116 valence electrons. The van der Waals surface area contributed by atoms with E-state index in [-0.39, 0.29) is 29.2 Å². The Bertz CT molecular complexity index is 568. The van der Waals surface area contributed by atoms with Crippen molar-refractivity contribution in [1.29, 1.82) is 0 Å². The van der Waals surface area contributed by atoms with Gasteiger partial charge in [0.05, 0.1) is 17.4 Å². The van der Waals surface area contributed by atoms with Crippen molar-refractivity contribution < 1.29 is 13.2 Å². The van der Waals surface area contributed by atoms with E-state index in [0.717, 1.165) is 18.4 Å². The molecule has 1 aromatic rings. The van der Waals surface area contributed by atoms with E-state index in [9.17, 15) is 13.2 Å². The fraction of sp³-hybridized carbons (Fsp3) is 0.562. The van der Waals surface area contributed by atoms with Crippen LogP contribution in [0.4, 0.5) is 0 Å². The lowest BCUT2D eigenvalue weighted by Gasteiger charge is -2.18. The number of benzene rings is 1. The van der Waals surface area contributed by atoms with Crippen molar-refractivity contribution in [2.45, 2.75) is 32.1 Å². The third kappa shape index (κ3) is 4.56. The lowest BCUT2D eigenvalue weighted by atomic mass is 9.93. The average molecular weight is 309 g/mol. The highest BCUT2D eigenvalue weighted by atomic mass is 32.2. The first-order valence-electron chi connectivity index (χ1n) is 7.55. The molecule has 1 aliphatic rings. The highest BCUT2D eigenvalue weighted by molar-refractivity contribution is 7.91. The highest BCUT2D eigenvalue weighted by Crippen LogP contribution is 2.22. The zero-order chi connectivity index (χ0) is 15.3. The molecule has 1 heterocycles. The van der Waals surface area contributed by atoms with Gasteiger partial charge in [-0.2, -0.15) is 0 Å². The molecule has 2 atom stereocenters. The van der Waals surface area contributed by atoms with E-state index in [0.29, 0.717) is 13.0 Å². The summed E-state index contributed by atoms with van der Waals surface area (Å²) in [6.45, 7) is 2.53. The van der Waals surface area contributed by atoms with Crippen molar-refractivity contribution in [2.75, 3.05) is 18.1 Å². The molecule has 0 aromatic heterocycles. The van der Waals surface area contributed by atoms with Crippen molar-refractivity contribution in [3.63, 3.8) is 0 Å². The van der Waals surface area contributed by atoms with E-state index in [1.54, 1.807) is 0 Å². The zero-order valence-corrected chi connectivity index (χ0v) is 13.2. The molecule has 0 aliphatic carbocycles. The number of carbonyl (C=O) groups is 1. The van der Waals surface area contributed by atoms with Crippen LogP contribution in [0.3, 0.4) is 0 Å². The average Bonchev–Trinajstić information content (AvgIpc) is 2.82. The predicted octanol–water partition coefficient (Wildman–Crippen LogP) is 2.12. The molecule has 2 rings (SSSR count). The van der Waals surface area contributed by atoms with Gasteiger partial charge in [-0.05, 0) is 24.3 Å². The molecule has 2 unspecified atom stereocenters. The number of nitrogens with one attached hydrogen (secondary N) is 1. The Balaban J connectivity index is 1.94. The summed E-state index contributed by atoms with van der Waals surface area (Å²) in [7, 11) is -2.88. The Morgan fingerprint density at radius 1 is 1.33 bits per heavy atom. The van der Waals surface area contributed by atoms with Crippen LogP contribution in [0.2, 0.25) is 0 Å². The third-order valence-electron chi connectivity index (χ3n) is 3.99. The van der Waals surface area contributed by atoms with Crippen LogP contribution < -0.4 is 5.32 Å². The Morgan fingerprint density at radius 2 is 2.05 bits per heavy atom. The third-order valence-corrected chi connectivity index (χ3v) is 5.82. The molecule has 5 heteroatoms. The molecular formula is C16H23NO3S. The van der Waals surface area contributed by atoms with Gasteiger partial charge in [0.2, 0.25) is 5.91 Å². The van der Waals surface area contributed by atoms with Crippen LogP contribution in [0.5, 0.6) is 0 Å². The summed E-state index contributed by atoms with van der Waals surface area (Å²) >= 11 is 0. The van der Waals surface area contributed by atoms with Crippen molar-refractivity contribution in [1.82, 2.24) is 5.32 Å². The van der Waals surface area contributed by atoms with Crippen molar-refractivity contribution in [3.05, 3.63) is 35.9 Å². The molecule has 0 radical (unpaired) electrons. The first kappa shape index (κ1) is 16.0. The number of hydrogen-bond donors (Lipinski definition) is 1. The summed E-state index contributed by atoms with van der Waals surface area (Å²) in [5.41, 5.74) is 1.02. The Morgan fingerprint density at radius 3 is 2.62 bits per heavy atom. The van der Waals surface area contributed by atoms with Crippen LogP contribution in [-0.4, -0.2) is 32.4 Å². The summed E-state index contributed by atoms with van der Waals surface area (Å²) < 4.78 is 22.9.